The Bertz CT molecular complexity index is 1100. The second-order valence-corrected chi connectivity index (χ2v) is 7.32. The lowest BCUT2D eigenvalue weighted by molar-refractivity contribution is 0.0727. The topological polar surface area (TPSA) is 75.1 Å². The van der Waals surface area contributed by atoms with Crippen LogP contribution in [0.25, 0.3) is 0 Å². The molecule has 8 nitrogen and oxygen atoms in total. The zero-order valence-corrected chi connectivity index (χ0v) is 16.8. The molecule has 0 N–H and O–H groups in total. The number of ether oxygens (including phenoxy) is 4. The van der Waals surface area contributed by atoms with Gasteiger partial charge in [-0.1, -0.05) is 6.07 Å². The summed E-state index contributed by atoms with van der Waals surface area (Å²) in [6.07, 6.45) is 0. The van der Waals surface area contributed by atoms with Crippen molar-refractivity contribution < 1.29 is 23.7 Å². The van der Waals surface area contributed by atoms with Crippen molar-refractivity contribution in [3.05, 3.63) is 65.0 Å². The van der Waals surface area contributed by atoms with E-state index in [0.717, 1.165) is 17.0 Å². The lowest BCUT2D eigenvalue weighted by atomic mass is 10.1. The van der Waals surface area contributed by atoms with E-state index in [1.54, 1.807) is 27.8 Å². The molecule has 0 bridgehead atoms. The molecule has 0 radical (unpaired) electrons. The normalized spacial score (nSPS) is 13.5. The van der Waals surface area contributed by atoms with Crippen LogP contribution in [0.15, 0.2) is 42.5 Å². The molecule has 2 aliphatic rings. The number of amides is 1. The van der Waals surface area contributed by atoms with Crippen LogP contribution in [0.2, 0.25) is 0 Å². The number of benzene rings is 2. The highest BCUT2D eigenvalue weighted by molar-refractivity contribution is 5.95. The third-order valence-electron chi connectivity index (χ3n) is 5.23. The Kier molecular flexibility index (Phi) is 4.46. The first-order valence-corrected chi connectivity index (χ1v) is 9.64. The van der Waals surface area contributed by atoms with Crippen LogP contribution in [0.5, 0.6) is 23.0 Å². The number of hydrogen-bond acceptors (Lipinski definition) is 6. The highest BCUT2D eigenvalue weighted by Gasteiger charge is 2.23. The Labute approximate surface area is 173 Å². The SMILES string of the molecule is Cc1cc(CN(Cc2ccc3c(c2)OCO3)C(=O)c2ccc3c(c2)OCO3)nn1C. The summed E-state index contributed by atoms with van der Waals surface area (Å²) in [7, 11) is 1.89. The van der Waals surface area contributed by atoms with E-state index in [2.05, 4.69) is 5.10 Å². The van der Waals surface area contributed by atoms with Crippen molar-refractivity contribution in [1.82, 2.24) is 14.7 Å². The quantitative estimate of drug-likeness (QED) is 0.647. The van der Waals surface area contributed by atoms with Crippen LogP contribution < -0.4 is 18.9 Å². The molecule has 154 valence electrons. The Morgan fingerprint density at radius 1 is 0.933 bits per heavy atom. The van der Waals surface area contributed by atoms with Gasteiger partial charge in [0.15, 0.2) is 23.0 Å². The molecule has 1 amide bonds. The fourth-order valence-electron chi connectivity index (χ4n) is 3.58. The fraction of sp³-hybridized carbons (Fsp3) is 0.273. The lowest BCUT2D eigenvalue weighted by Gasteiger charge is -2.22. The summed E-state index contributed by atoms with van der Waals surface area (Å²) in [5.74, 6) is 2.52. The van der Waals surface area contributed by atoms with Gasteiger partial charge in [-0.05, 0) is 48.9 Å². The number of hydrogen-bond donors (Lipinski definition) is 0. The molecule has 0 saturated heterocycles. The summed E-state index contributed by atoms with van der Waals surface area (Å²) in [4.78, 5) is 15.2. The molecule has 5 rings (SSSR count). The van der Waals surface area contributed by atoms with Crippen LogP contribution in [0.4, 0.5) is 0 Å². The first kappa shape index (κ1) is 18.4. The van der Waals surface area contributed by atoms with E-state index >= 15 is 0 Å². The summed E-state index contributed by atoms with van der Waals surface area (Å²) in [5.41, 5.74) is 3.34. The molecule has 0 fully saturated rings. The Morgan fingerprint density at radius 3 is 2.30 bits per heavy atom. The number of aryl methyl sites for hydroxylation is 2. The van der Waals surface area contributed by atoms with Gasteiger partial charge in [-0.15, -0.1) is 0 Å². The standard InChI is InChI=1S/C22H21N3O5/c1-14-7-17(23-24(14)2)11-25(10-15-3-5-18-20(8-15)29-12-27-18)22(26)16-4-6-19-21(9-16)30-13-28-19/h3-9H,10-13H2,1-2H3. The van der Waals surface area contributed by atoms with Crippen LogP contribution in [-0.4, -0.2) is 34.2 Å². The first-order chi connectivity index (χ1) is 14.6. The Balaban J connectivity index is 1.44. The van der Waals surface area contributed by atoms with E-state index in [9.17, 15) is 4.79 Å². The van der Waals surface area contributed by atoms with Crippen molar-refractivity contribution in [1.29, 1.82) is 0 Å². The Morgan fingerprint density at radius 2 is 1.60 bits per heavy atom. The number of rotatable bonds is 5. The zero-order valence-electron chi connectivity index (χ0n) is 16.8. The summed E-state index contributed by atoms with van der Waals surface area (Å²) >= 11 is 0. The molecule has 3 heterocycles. The van der Waals surface area contributed by atoms with Crippen LogP contribution in [0, 0.1) is 6.92 Å². The third-order valence-corrected chi connectivity index (χ3v) is 5.23. The smallest absolute Gasteiger partial charge is 0.254 e. The predicted octanol–water partition coefficient (Wildman–Crippen LogP) is 3.03. The van der Waals surface area contributed by atoms with E-state index in [1.807, 2.05) is 38.2 Å². The average Bonchev–Trinajstić information content (AvgIpc) is 3.46. The van der Waals surface area contributed by atoms with Gasteiger partial charge in [0.2, 0.25) is 13.6 Å². The molecule has 2 aliphatic heterocycles. The Hall–Kier alpha value is -3.68. The van der Waals surface area contributed by atoms with Gasteiger partial charge in [0.1, 0.15) is 0 Å². The van der Waals surface area contributed by atoms with Gasteiger partial charge in [-0.25, -0.2) is 0 Å². The van der Waals surface area contributed by atoms with Crippen LogP contribution >= 0.6 is 0 Å². The maximum absolute atomic E-state index is 13.4. The number of aromatic nitrogens is 2. The lowest BCUT2D eigenvalue weighted by Crippen LogP contribution is -2.30. The highest BCUT2D eigenvalue weighted by atomic mass is 16.7. The van der Waals surface area contributed by atoms with E-state index in [4.69, 9.17) is 18.9 Å². The molecule has 30 heavy (non-hydrogen) atoms. The van der Waals surface area contributed by atoms with Gasteiger partial charge in [-0.3, -0.25) is 9.48 Å². The average molecular weight is 407 g/mol. The largest absolute Gasteiger partial charge is 0.454 e. The number of carbonyl (C=O) groups excluding carboxylic acids is 1. The summed E-state index contributed by atoms with van der Waals surface area (Å²) in [6.45, 7) is 3.15. The molecule has 0 spiro atoms. The molecular formula is C22H21N3O5. The maximum atomic E-state index is 13.4. The first-order valence-electron chi connectivity index (χ1n) is 9.64. The molecule has 2 aromatic carbocycles. The molecule has 8 heteroatoms. The van der Waals surface area contributed by atoms with Crippen LogP contribution in [-0.2, 0) is 20.1 Å². The van der Waals surface area contributed by atoms with E-state index < -0.39 is 0 Å². The second-order valence-electron chi connectivity index (χ2n) is 7.32. The van der Waals surface area contributed by atoms with E-state index in [-0.39, 0.29) is 19.5 Å². The van der Waals surface area contributed by atoms with Crippen LogP contribution in [0.3, 0.4) is 0 Å². The third kappa shape index (κ3) is 3.41. The molecule has 3 aromatic rings. The van der Waals surface area contributed by atoms with Crippen molar-refractivity contribution in [2.24, 2.45) is 7.05 Å². The van der Waals surface area contributed by atoms with Crippen molar-refractivity contribution in [3.63, 3.8) is 0 Å². The van der Waals surface area contributed by atoms with Gasteiger partial charge in [0.05, 0.1) is 12.2 Å². The molecule has 1 aromatic heterocycles. The number of carbonyl (C=O) groups is 1. The second kappa shape index (κ2) is 7.29. The minimum absolute atomic E-state index is 0.116. The van der Waals surface area contributed by atoms with Crippen LogP contribution in [0.1, 0.15) is 27.3 Å². The number of fused-ring (bicyclic) bond motifs is 2. The fourth-order valence-corrected chi connectivity index (χ4v) is 3.58. The monoisotopic (exact) mass is 407 g/mol. The summed E-state index contributed by atoms with van der Waals surface area (Å²) < 4.78 is 23.5. The van der Waals surface area contributed by atoms with Crippen molar-refractivity contribution in [2.45, 2.75) is 20.0 Å². The van der Waals surface area contributed by atoms with Crippen molar-refractivity contribution >= 4 is 5.91 Å². The minimum atomic E-state index is -0.116. The van der Waals surface area contributed by atoms with E-state index in [0.29, 0.717) is 41.7 Å². The van der Waals surface area contributed by atoms with Gasteiger partial charge in [-0.2, -0.15) is 5.10 Å². The van der Waals surface area contributed by atoms with Crippen molar-refractivity contribution in [3.8, 4) is 23.0 Å². The molecule has 0 aliphatic carbocycles. The molecule has 0 unspecified atom stereocenters. The molecule has 0 saturated carbocycles. The molecule has 0 atom stereocenters. The summed E-state index contributed by atoms with van der Waals surface area (Å²) in [5, 5.41) is 4.52. The highest BCUT2D eigenvalue weighted by Crippen LogP contribution is 2.34. The van der Waals surface area contributed by atoms with Gasteiger partial charge in [0.25, 0.3) is 5.91 Å². The van der Waals surface area contributed by atoms with E-state index in [1.165, 1.54) is 0 Å². The number of nitrogens with zero attached hydrogens (tertiary/aromatic N) is 3. The van der Waals surface area contributed by atoms with Gasteiger partial charge >= 0.3 is 0 Å². The van der Waals surface area contributed by atoms with Crippen molar-refractivity contribution in [2.75, 3.05) is 13.6 Å². The maximum Gasteiger partial charge on any atom is 0.254 e. The minimum Gasteiger partial charge on any atom is -0.454 e. The van der Waals surface area contributed by atoms with Gasteiger partial charge in [0, 0.05) is 24.8 Å². The zero-order chi connectivity index (χ0) is 20.7. The summed E-state index contributed by atoms with van der Waals surface area (Å²) in [6, 6.07) is 12.9. The van der Waals surface area contributed by atoms with Gasteiger partial charge < -0.3 is 23.8 Å². The predicted molar refractivity (Wildman–Crippen MR) is 107 cm³/mol. The molecular weight excluding hydrogens is 386 g/mol.